The van der Waals surface area contributed by atoms with E-state index in [0.717, 1.165) is 64.2 Å². The molecule has 19 heteroatoms. The third-order valence-electron chi connectivity index (χ3n) is 10.8. The van der Waals surface area contributed by atoms with E-state index < -0.39 is 11.9 Å². The van der Waals surface area contributed by atoms with Gasteiger partial charge in [-0.2, -0.15) is 0 Å². The summed E-state index contributed by atoms with van der Waals surface area (Å²) in [5.41, 5.74) is 0. The number of ketones is 1. The molecule has 0 heterocycles. The summed E-state index contributed by atoms with van der Waals surface area (Å²) < 4.78 is 102. The predicted molar refractivity (Wildman–Crippen MR) is 256 cm³/mol. The number of unbranched alkanes of at least 4 members (excludes halogenated alkanes) is 4. The molecule has 2 unspecified atom stereocenters. The molecule has 0 aromatic rings. The molecule has 0 bridgehead atoms. The van der Waals surface area contributed by atoms with Gasteiger partial charge in [-0.25, -0.2) is 0 Å². The van der Waals surface area contributed by atoms with Crippen LogP contribution in [-0.2, 0) is 90.1 Å². The highest BCUT2D eigenvalue weighted by molar-refractivity contribution is 5.83. The number of rotatable bonds is 58. The van der Waals surface area contributed by atoms with Crippen LogP contribution < -0.4 is 0 Å². The van der Waals surface area contributed by atoms with Gasteiger partial charge in [0, 0.05) is 67.3 Å². The van der Waals surface area contributed by atoms with Crippen molar-refractivity contribution >= 4 is 5.78 Å². The van der Waals surface area contributed by atoms with Crippen molar-refractivity contribution in [3.63, 3.8) is 0 Å². The van der Waals surface area contributed by atoms with Crippen molar-refractivity contribution in [3.8, 4) is 0 Å². The van der Waals surface area contributed by atoms with Crippen LogP contribution in [0.15, 0.2) is 0 Å². The third-order valence-corrected chi connectivity index (χ3v) is 10.8. The lowest BCUT2D eigenvalue weighted by molar-refractivity contribution is -0.388. The Bertz CT molecular complexity index is 873. The number of ether oxygens (including phenoxy) is 18. The lowest BCUT2D eigenvalue weighted by Crippen LogP contribution is -2.42. The first kappa shape index (κ1) is 67.0. The van der Waals surface area contributed by atoms with Crippen LogP contribution in [0.25, 0.3) is 0 Å². The molecule has 0 aliphatic carbocycles. The van der Waals surface area contributed by atoms with E-state index in [-0.39, 0.29) is 51.5 Å². The highest BCUT2D eigenvalue weighted by Crippen LogP contribution is 2.29. The van der Waals surface area contributed by atoms with Gasteiger partial charge in [0.15, 0.2) is 0 Å². The molecule has 0 amide bonds. The molecule has 0 aliphatic rings. The largest absolute Gasteiger partial charge is 0.382 e. The van der Waals surface area contributed by atoms with Gasteiger partial charge in [-0.1, -0.05) is 39.5 Å². The summed E-state index contributed by atoms with van der Waals surface area (Å²) >= 11 is 0. The minimum absolute atomic E-state index is 0.00243. The van der Waals surface area contributed by atoms with Crippen LogP contribution in [0, 0.1) is 11.8 Å². The van der Waals surface area contributed by atoms with Gasteiger partial charge in [-0.05, 0) is 38.5 Å². The first-order valence-corrected chi connectivity index (χ1v) is 25.1. The quantitative estimate of drug-likeness (QED) is 0.0519. The number of Topliss-reactive ketones (excluding diaryl/α,β-unsaturated/α-hetero) is 1. The molecule has 408 valence electrons. The van der Waals surface area contributed by atoms with Gasteiger partial charge in [-0.15, -0.1) is 0 Å². The smallest absolute Gasteiger partial charge is 0.283 e. The fourth-order valence-corrected chi connectivity index (χ4v) is 6.93. The molecule has 0 spiro atoms. The van der Waals surface area contributed by atoms with Crippen LogP contribution >= 0.6 is 0 Å². The first-order chi connectivity index (χ1) is 33.4. The summed E-state index contributed by atoms with van der Waals surface area (Å²) in [7, 11) is 9.81. The second kappa shape index (κ2) is 50.9. The van der Waals surface area contributed by atoms with Crippen LogP contribution in [0.2, 0.25) is 0 Å². The van der Waals surface area contributed by atoms with Gasteiger partial charge < -0.3 is 85.3 Å². The number of carbonyl (C=O) groups excluding carboxylic acids is 1. The minimum atomic E-state index is -1.31. The molecule has 0 fully saturated rings. The zero-order valence-electron chi connectivity index (χ0n) is 43.9. The zero-order chi connectivity index (χ0) is 49.9. The van der Waals surface area contributed by atoms with Gasteiger partial charge in [0.25, 0.3) is 11.9 Å². The Kier molecular flexibility index (Phi) is 50.1. The topological polar surface area (TPSA) is 183 Å². The predicted octanol–water partition coefficient (Wildman–Crippen LogP) is 5.89. The van der Waals surface area contributed by atoms with Gasteiger partial charge in [0.1, 0.15) is 5.78 Å². The average Bonchev–Trinajstić information content (AvgIpc) is 3.35. The normalized spacial score (nSPS) is 13.2. The lowest BCUT2D eigenvalue weighted by Gasteiger charge is -2.33. The van der Waals surface area contributed by atoms with E-state index in [0.29, 0.717) is 138 Å². The SMILES string of the molecule is CCC(CCCCCC(OCCOCCOC)(OCCOCCOC)OCCOCCOC)C(=O)C(CC)CCCCCC(OCCOCCOC)(OCCOCCOC)OCCOCCOC. The summed E-state index contributed by atoms with van der Waals surface area (Å²) in [6.07, 6.45) is 9.30. The summed E-state index contributed by atoms with van der Waals surface area (Å²) in [5, 5.41) is 0. The maximum Gasteiger partial charge on any atom is 0.283 e. The minimum Gasteiger partial charge on any atom is -0.382 e. The number of carbonyl (C=O) groups is 1. The molecule has 68 heavy (non-hydrogen) atoms. The molecule has 0 N–H and O–H groups in total. The highest BCUT2D eigenvalue weighted by atomic mass is 16.9. The molecule has 0 saturated heterocycles. The first-order valence-electron chi connectivity index (χ1n) is 25.1. The fraction of sp³-hybridized carbons (Fsp3) is 0.980. The average molecular weight is 991 g/mol. The molecule has 0 rings (SSSR count). The van der Waals surface area contributed by atoms with E-state index in [1.165, 1.54) is 0 Å². The summed E-state index contributed by atoms with van der Waals surface area (Å²) in [5.74, 6) is -2.27. The van der Waals surface area contributed by atoms with Crippen molar-refractivity contribution in [2.75, 3.05) is 201 Å². The summed E-state index contributed by atoms with van der Waals surface area (Å²) in [4.78, 5) is 14.0. The van der Waals surface area contributed by atoms with Crippen molar-refractivity contribution in [2.45, 2.75) is 103 Å². The van der Waals surface area contributed by atoms with Crippen LogP contribution in [0.3, 0.4) is 0 Å². The summed E-state index contributed by atoms with van der Waals surface area (Å²) in [6, 6.07) is 0. The standard InChI is InChI=1S/C49H98O19/c1-9-45(17-13-11-15-19-48(63-39-33-57-27-21-51-3,64-40-34-58-28-22-52-4)65-41-35-59-29-23-53-5)47(50)46(10-2)18-14-12-16-20-49(66-42-36-60-30-24-54-6,67-43-37-61-31-25-55-7)68-44-38-62-32-26-56-8/h45-46H,9-44H2,1-8H3. The van der Waals surface area contributed by atoms with Gasteiger partial charge in [0.2, 0.25) is 0 Å². The van der Waals surface area contributed by atoms with Crippen molar-refractivity contribution < 1.29 is 90.1 Å². The van der Waals surface area contributed by atoms with Crippen molar-refractivity contribution in [3.05, 3.63) is 0 Å². The van der Waals surface area contributed by atoms with Gasteiger partial charge in [0.05, 0.1) is 159 Å². The van der Waals surface area contributed by atoms with E-state index in [1.807, 2.05) is 0 Å². The Morgan fingerprint density at radius 3 is 0.735 bits per heavy atom. The maximum absolute atomic E-state index is 14.0. The van der Waals surface area contributed by atoms with Crippen LogP contribution in [0.1, 0.15) is 90.9 Å². The highest BCUT2D eigenvalue weighted by Gasteiger charge is 2.35. The monoisotopic (exact) mass is 991 g/mol. The molecule has 0 aromatic heterocycles. The Labute approximate surface area is 410 Å². The van der Waals surface area contributed by atoms with Crippen LogP contribution in [0.4, 0.5) is 0 Å². The fourth-order valence-electron chi connectivity index (χ4n) is 6.93. The van der Waals surface area contributed by atoms with E-state index in [9.17, 15) is 4.79 Å². The molecular weight excluding hydrogens is 893 g/mol. The summed E-state index contributed by atoms with van der Waals surface area (Å²) in [6.45, 7) is 13.6. The molecule has 0 saturated carbocycles. The van der Waals surface area contributed by atoms with Gasteiger partial charge >= 0.3 is 0 Å². The molecule has 2 atom stereocenters. The van der Waals surface area contributed by atoms with E-state index in [1.54, 1.807) is 42.7 Å². The number of hydrogen-bond acceptors (Lipinski definition) is 19. The van der Waals surface area contributed by atoms with E-state index in [4.69, 9.17) is 85.3 Å². The van der Waals surface area contributed by atoms with Crippen molar-refractivity contribution in [2.24, 2.45) is 11.8 Å². The van der Waals surface area contributed by atoms with E-state index >= 15 is 0 Å². The van der Waals surface area contributed by atoms with E-state index in [2.05, 4.69) is 13.8 Å². The molecular formula is C49H98O19. The third kappa shape index (κ3) is 38.6. The Morgan fingerprint density at radius 1 is 0.309 bits per heavy atom. The lowest BCUT2D eigenvalue weighted by atomic mass is 9.83. The van der Waals surface area contributed by atoms with Gasteiger partial charge in [-0.3, -0.25) is 4.79 Å². The maximum atomic E-state index is 14.0. The van der Waals surface area contributed by atoms with Crippen molar-refractivity contribution in [1.29, 1.82) is 0 Å². The second-order valence-electron chi connectivity index (χ2n) is 15.9. The number of methoxy groups -OCH3 is 6. The Balaban J connectivity index is 5.50. The zero-order valence-corrected chi connectivity index (χ0v) is 43.9. The molecule has 19 nitrogen and oxygen atoms in total. The molecule has 0 aliphatic heterocycles. The number of hydrogen-bond donors (Lipinski definition) is 0. The van der Waals surface area contributed by atoms with Crippen LogP contribution in [-0.4, -0.2) is 219 Å². The molecule has 0 radical (unpaired) electrons. The molecule has 0 aromatic carbocycles. The van der Waals surface area contributed by atoms with Crippen molar-refractivity contribution in [1.82, 2.24) is 0 Å². The Morgan fingerprint density at radius 2 is 0.529 bits per heavy atom. The second-order valence-corrected chi connectivity index (χ2v) is 15.9. The van der Waals surface area contributed by atoms with Crippen LogP contribution in [0.5, 0.6) is 0 Å². The Hall–Kier alpha value is -1.05.